The van der Waals surface area contributed by atoms with Gasteiger partial charge in [0, 0.05) is 31.1 Å². The second kappa shape index (κ2) is 9.56. The summed E-state index contributed by atoms with van der Waals surface area (Å²) >= 11 is 0. The Morgan fingerprint density at radius 2 is 1.82 bits per heavy atom. The minimum atomic E-state index is -1.03. The molecule has 3 heterocycles. The summed E-state index contributed by atoms with van der Waals surface area (Å²) in [5, 5.41) is 15.6. The zero-order valence-electron chi connectivity index (χ0n) is 24.6. The normalized spacial score (nSPS) is 29.2. The van der Waals surface area contributed by atoms with Gasteiger partial charge in [0.1, 0.15) is 5.75 Å². The van der Waals surface area contributed by atoms with Crippen LogP contribution in [0, 0.1) is 5.92 Å². The molecular formula is C36H36N2O6. The van der Waals surface area contributed by atoms with E-state index in [1.54, 1.807) is 0 Å². The Hall–Kier alpha value is -3.88. The number of aliphatic hydroxyl groups is 1. The second-order valence-electron chi connectivity index (χ2n) is 13.5. The zero-order chi connectivity index (χ0) is 29.6. The second-order valence-corrected chi connectivity index (χ2v) is 13.5. The van der Waals surface area contributed by atoms with Gasteiger partial charge in [0.15, 0.2) is 23.4 Å². The van der Waals surface area contributed by atoms with E-state index in [0.717, 1.165) is 64.7 Å². The van der Waals surface area contributed by atoms with Crippen LogP contribution in [-0.4, -0.2) is 65.9 Å². The lowest BCUT2D eigenvalue weighted by Crippen LogP contribution is -2.76. The quantitative estimate of drug-likeness (QED) is 0.425. The summed E-state index contributed by atoms with van der Waals surface area (Å²) in [6.07, 6.45) is 4.66. The first kappa shape index (κ1) is 26.5. The number of likely N-dealkylation sites (tertiary alicyclic amines) is 1. The van der Waals surface area contributed by atoms with E-state index >= 15 is 0 Å². The molecule has 3 fully saturated rings. The number of ether oxygens (including phenoxy) is 3. The molecule has 4 atom stereocenters. The van der Waals surface area contributed by atoms with Crippen molar-refractivity contribution in [3.63, 3.8) is 0 Å². The van der Waals surface area contributed by atoms with Gasteiger partial charge in [-0.25, -0.2) is 0 Å². The van der Waals surface area contributed by atoms with Gasteiger partial charge in [-0.3, -0.25) is 14.5 Å². The molecule has 2 saturated carbocycles. The maximum absolute atomic E-state index is 13.6. The minimum absolute atomic E-state index is 0.0226. The fraction of sp³-hybridized carbons (Fsp3) is 0.444. The molecule has 8 nitrogen and oxygen atoms in total. The van der Waals surface area contributed by atoms with Gasteiger partial charge < -0.3 is 24.6 Å². The lowest BCUT2D eigenvalue weighted by atomic mass is 9.49. The van der Waals surface area contributed by atoms with Crippen LogP contribution >= 0.6 is 0 Å². The van der Waals surface area contributed by atoms with Crippen molar-refractivity contribution < 1.29 is 28.9 Å². The van der Waals surface area contributed by atoms with Crippen molar-refractivity contribution in [3.05, 3.63) is 76.9 Å². The lowest BCUT2D eigenvalue weighted by Gasteiger charge is -2.62. The summed E-state index contributed by atoms with van der Waals surface area (Å²) in [5.74, 6) is 2.60. The van der Waals surface area contributed by atoms with Crippen molar-refractivity contribution in [2.45, 2.75) is 68.1 Å². The molecule has 1 amide bonds. The molecule has 0 aromatic heterocycles. The number of hydrogen-bond acceptors (Lipinski definition) is 7. The smallest absolute Gasteiger partial charge is 0.255 e. The van der Waals surface area contributed by atoms with Gasteiger partial charge in [-0.15, -0.1) is 0 Å². The molecule has 1 unspecified atom stereocenters. The summed E-state index contributed by atoms with van der Waals surface area (Å²) in [5.41, 5.74) is 3.96. The van der Waals surface area contributed by atoms with Crippen molar-refractivity contribution >= 4 is 11.7 Å². The number of ketones is 1. The summed E-state index contributed by atoms with van der Waals surface area (Å²) in [6, 6.07) is 18.1. The summed E-state index contributed by atoms with van der Waals surface area (Å²) < 4.78 is 17.4. The van der Waals surface area contributed by atoms with Crippen LogP contribution in [0.2, 0.25) is 0 Å². The van der Waals surface area contributed by atoms with Crippen LogP contribution < -0.4 is 19.5 Å². The molecule has 3 aromatic carbocycles. The maximum atomic E-state index is 13.6. The van der Waals surface area contributed by atoms with Gasteiger partial charge in [0.2, 0.25) is 6.79 Å². The summed E-state index contributed by atoms with van der Waals surface area (Å²) in [4.78, 5) is 29.4. The molecule has 6 aliphatic rings. The highest BCUT2D eigenvalue weighted by Crippen LogP contribution is 2.64. The topological polar surface area (TPSA) is 97.3 Å². The van der Waals surface area contributed by atoms with Crippen molar-refractivity contribution in [1.29, 1.82) is 0 Å². The van der Waals surface area contributed by atoms with Crippen LogP contribution in [0.15, 0.2) is 54.6 Å². The van der Waals surface area contributed by atoms with E-state index in [9.17, 15) is 14.7 Å². The number of fused-ring (bicyclic) bond motifs is 1. The van der Waals surface area contributed by atoms with E-state index in [0.29, 0.717) is 43.5 Å². The molecule has 2 bridgehead atoms. The number of amides is 1. The monoisotopic (exact) mass is 592 g/mol. The average molecular weight is 593 g/mol. The highest BCUT2D eigenvalue weighted by atomic mass is 16.7. The van der Waals surface area contributed by atoms with E-state index in [1.807, 2.05) is 30.3 Å². The van der Waals surface area contributed by atoms with E-state index in [2.05, 4.69) is 34.5 Å². The standard InChI is InChI=1S/C36H36N2O6/c39-27-11-13-36(41)30-18-25-7-9-26(32-31(25)35(36,33(27)44-32)14-16-38(30)19-22-1-2-22)34(40)37-15-12-21-3-5-23(6-4-21)24-8-10-28-29(17-24)43-20-42-28/h3-10,17,22,30,33,41H,1-2,11-16,18-20H2,(H,37,40)/t30-,33?,35+,36-/m1/s1. The first-order valence-corrected chi connectivity index (χ1v) is 16.0. The molecule has 9 rings (SSSR count). The van der Waals surface area contributed by atoms with E-state index in [1.165, 1.54) is 12.8 Å². The molecule has 3 aromatic rings. The van der Waals surface area contributed by atoms with Crippen molar-refractivity contribution in [3.8, 4) is 28.4 Å². The number of hydrogen-bond donors (Lipinski definition) is 2. The Morgan fingerprint density at radius 1 is 1.00 bits per heavy atom. The number of nitrogens with one attached hydrogen (secondary N) is 1. The van der Waals surface area contributed by atoms with Crippen molar-refractivity contribution in [2.75, 3.05) is 26.4 Å². The molecule has 1 spiro atoms. The molecule has 3 aliphatic carbocycles. The lowest BCUT2D eigenvalue weighted by molar-refractivity contribution is -0.188. The summed E-state index contributed by atoms with van der Waals surface area (Å²) in [6.45, 7) is 2.59. The number of piperidine rings is 1. The average Bonchev–Trinajstić information content (AvgIpc) is 3.59. The van der Waals surface area contributed by atoms with Crippen LogP contribution in [0.3, 0.4) is 0 Å². The molecule has 1 saturated heterocycles. The van der Waals surface area contributed by atoms with E-state index < -0.39 is 17.1 Å². The van der Waals surface area contributed by atoms with E-state index in [-0.39, 0.29) is 24.5 Å². The van der Waals surface area contributed by atoms with Crippen LogP contribution in [-0.2, 0) is 23.1 Å². The predicted molar refractivity (Wildman–Crippen MR) is 162 cm³/mol. The zero-order valence-corrected chi connectivity index (χ0v) is 24.6. The maximum Gasteiger partial charge on any atom is 0.255 e. The van der Waals surface area contributed by atoms with E-state index in [4.69, 9.17) is 14.2 Å². The molecule has 2 N–H and O–H groups in total. The number of carbonyl (C=O) groups excluding carboxylic acids is 2. The minimum Gasteiger partial charge on any atom is -0.480 e. The molecule has 8 heteroatoms. The number of benzene rings is 3. The predicted octanol–water partition coefficient (Wildman–Crippen LogP) is 4.19. The number of carbonyl (C=O) groups is 2. The Labute approximate surface area is 256 Å². The third kappa shape index (κ3) is 3.76. The number of nitrogens with zero attached hydrogens (tertiary/aromatic N) is 1. The highest BCUT2D eigenvalue weighted by molar-refractivity contribution is 5.99. The fourth-order valence-electron chi connectivity index (χ4n) is 8.81. The van der Waals surface area contributed by atoms with Crippen molar-refractivity contribution in [1.82, 2.24) is 10.2 Å². The SMILES string of the molecule is O=C(NCCc1ccc(-c2ccc3c(c2)OCO3)cc1)c1ccc2c3c1OC1C(=O)CC[C@@]4(O)[C@@H](C2)N(CC2CC2)CC[C@]314. The molecule has 0 radical (unpaired) electrons. The Morgan fingerprint density at radius 3 is 2.66 bits per heavy atom. The van der Waals surface area contributed by atoms with Gasteiger partial charge in [-0.1, -0.05) is 36.4 Å². The third-order valence-corrected chi connectivity index (χ3v) is 11.2. The molecule has 226 valence electrons. The van der Waals surface area contributed by atoms with Crippen molar-refractivity contribution in [2.24, 2.45) is 5.92 Å². The van der Waals surface area contributed by atoms with Crippen LogP contribution in [0.4, 0.5) is 0 Å². The van der Waals surface area contributed by atoms with Crippen LogP contribution in [0.1, 0.15) is 59.2 Å². The largest absolute Gasteiger partial charge is 0.480 e. The van der Waals surface area contributed by atoms with Crippen LogP contribution in [0.5, 0.6) is 17.2 Å². The first-order chi connectivity index (χ1) is 21.4. The number of Topliss-reactive ketones (excluding diaryl/α,β-unsaturated/α-hetero) is 1. The van der Waals surface area contributed by atoms with Gasteiger partial charge >= 0.3 is 0 Å². The fourth-order valence-corrected chi connectivity index (χ4v) is 8.81. The highest BCUT2D eigenvalue weighted by Gasteiger charge is 2.73. The molecule has 3 aliphatic heterocycles. The molecular weight excluding hydrogens is 556 g/mol. The van der Waals surface area contributed by atoms with Gasteiger partial charge in [-0.2, -0.15) is 0 Å². The first-order valence-electron chi connectivity index (χ1n) is 16.0. The van der Waals surface area contributed by atoms with Gasteiger partial charge in [-0.05, 0) is 91.4 Å². The number of rotatable bonds is 7. The van der Waals surface area contributed by atoms with Gasteiger partial charge in [0.25, 0.3) is 5.91 Å². The van der Waals surface area contributed by atoms with Gasteiger partial charge in [0.05, 0.1) is 16.6 Å². The molecule has 44 heavy (non-hydrogen) atoms. The Bertz CT molecular complexity index is 1700. The Balaban J connectivity index is 0.940. The third-order valence-electron chi connectivity index (χ3n) is 11.2. The Kier molecular flexibility index (Phi) is 5.76. The summed E-state index contributed by atoms with van der Waals surface area (Å²) in [7, 11) is 0. The van der Waals surface area contributed by atoms with Crippen LogP contribution in [0.25, 0.3) is 11.1 Å².